The highest BCUT2D eigenvalue weighted by Crippen LogP contribution is 2.46. The number of para-hydroxylation sites is 1. The zero-order valence-electron chi connectivity index (χ0n) is 27.0. The van der Waals surface area contributed by atoms with Crippen LogP contribution in [0.5, 0.6) is 11.5 Å². The molecule has 4 nitrogen and oxygen atoms in total. The Morgan fingerprint density at radius 1 is 0.469 bits per heavy atom. The third kappa shape index (κ3) is 5.92. The normalized spacial score (nSPS) is 12.1. The second kappa shape index (κ2) is 12.9. The fourth-order valence-corrected chi connectivity index (χ4v) is 6.25. The molecular weight excluding hydrogens is 601 g/mol. The predicted molar refractivity (Wildman–Crippen MR) is 199 cm³/mol. The predicted octanol–water partition coefficient (Wildman–Crippen LogP) is 11.7. The summed E-state index contributed by atoms with van der Waals surface area (Å²) in [6, 6.07) is 54.1. The van der Waals surface area contributed by atoms with E-state index in [1.54, 1.807) is 6.08 Å². The molecule has 4 heteroatoms. The molecule has 0 saturated heterocycles. The molecule has 234 valence electrons. The summed E-state index contributed by atoms with van der Waals surface area (Å²) in [5.41, 5.74) is 11.0. The lowest BCUT2D eigenvalue weighted by Crippen LogP contribution is -2.09. The number of hydrogen-bond donors (Lipinski definition) is 0. The number of hydrogen-bond acceptors (Lipinski definition) is 4. The molecule has 0 aliphatic carbocycles. The zero-order valence-corrected chi connectivity index (χ0v) is 27.0. The molecule has 0 amide bonds. The van der Waals surface area contributed by atoms with Crippen molar-refractivity contribution in [2.75, 3.05) is 0 Å². The first kappa shape index (κ1) is 29.9. The van der Waals surface area contributed by atoms with Crippen LogP contribution in [-0.4, -0.2) is 9.97 Å². The summed E-state index contributed by atoms with van der Waals surface area (Å²) in [5.74, 6) is 3.23. The first-order chi connectivity index (χ1) is 24.1. The number of allylic oxidation sites excluding steroid dienone is 2. The maximum atomic E-state index is 6.36. The number of fused-ring (bicyclic) bond motifs is 1. The van der Waals surface area contributed by atoms with Gasteiger partial charge in [0.05, 0.1) is 11.4 Å². The maximum absolute atomic E-state index is 6.36. The lowest BCUT2D eigenvalue weighted by atomic mass is 9.95. The van der Waals surface area contributed by atoms with Crippen LogP contribution < -0.4 is 9.47 Å². The minimum absolute atomic E-state index is 0.610. The van der Waals surface area contributed by atoms with Gasteiger partial charge in [-0.25, -0.2) is 9.97 Å². The van der Waals surface area contributed by atoms with E-state index in [2.05, 4.69) is 128 Å². The smallest absolute Gasteiger partial charge is 0.177 e. The SMILES string of the molecule is C=CC1=C(C)Oc2c(cccc2-c2ccccc2-c2cc(-c3cccc(-c4ccccc4)c3)nc(-c3cccc(-c4ccccc4)c3)n2)O1. The standard InChI is InChI=1S/C45H32N2O2/c1-3-42-30(2)48-44-39(25-14-26-43(44)49-42)37-23-10-11-24-38(37)41-29-40(35-21-12-19-33(27-35)31-15-6-4-7-16-31)46-45(47-41)36-22-13-20-34(28-36)32-17-8-5-9-18-32/h3-29H,1H2,2H3. The molecule has 6 aromatic carbocycles. The molecule has 8 rings (SSSR count). The lowest BCUT2D eigenvalue weighted by molar-refractivity contribution is 0.307. The van der Waals surface area contributed by atoms with E-state index in [0.717, 1.165) is 61.5 Å². The first-order valence-corrected chi connectivity index (χ1v) is 16.3. The van der Waals surface area contributed by atoms with Crippen LogP contribution >= 0.6 is 0 Å². The van der Waals surface area contributed by atoms with Crippen molar-refractivity contribution in [1.29, 1.82) is 0 Å². The van der Waals surface area contributed by atoms with Gasteiger partial charge in [-0.2, -0.15) is 0 Å². The maximum Gasteiger partial charge on any atom is 0.177 e. The first-order valence-electron chi connectivity index (χ1n) is 16.3. The monoisotopic (exact) mass is 632 g/mol. The van der Waals surface area contributed by atoms with Gasteiger partial charge in [0.1, 0.15) is 5.76 Å². The number of rotatable bonds is 7. The molecule has 0 spiro atoms. The molecule has 1 aliphatic heterocycles. The highest BCUT2D eigenvalue weighted by Gasteiger charge is 2.23. The summed E-state index contributed by atoms with van der Waals surface area (Å²) in [7, 11) is 0. The Bertz CT molecular complexity index is 2260. The molecule has 0 unspecified atom stereocenters. The summed E-state index contributed by atoms with van der Waals surface area (Å²) in [6.07, 6.45) is 1.67. The van der Waals surface area contributed by atoms with Gasteiger partial charge in [-0.05, 0) is 65.1 Å². The molecule has 0 saturated carbocycles. The highest BCUT2D eigenvalue weighted by atomic mass is 16.6. The second-order valence-electron chi connectivity index (χ2n) is 11.9. The van der Waals surface area contributed by atoms with E-state index < -0.39 is 0 Å². The van der Waals surface area contributed by atoms with E-state index in [9.17, 15) is 0 Å². The zero-order chi connectivity index (χ0) is 33.2. The molecule has 0 fully saturated rings. The molecular formula is C45H32N2O2. The lowest BCUT2D eigenvalue weighted by Gasteiger charge is -2.23. The summed E-state index contributed by atoms with van der Waals surface area (Å²) < 4.78 is 12.5. The molecule has 0 bridgehead atoms. The van der Waals surface area contributed by atoms with Crippen LogP contribution in [0, 0.1) is 0 Å². The molecule has 0 radical (unpaired) electrons. The Morgan fingerprint density at radius 3 is 1.69 bits per heavy atom. The Labute approximate surface area is 286 Å². The largest absolute Gasteiger partial charge is 0.454 e. The minimum Gasteiger partial charge on any atom is -0.454 e. The van der Waals surface area contributed by atoms with Crippen molar-refractivity contribution in [2.24, 2.45) is 0 Å². The van der Waals surface area contributed by atoms with Crippen LogP contribution in [0.25, 0.3) is 67.3 Å². The van der Waals surface area contributed by atoms with Crippen LogP contribution in [0.15, 0.2) is 182 Å². The number of nitrogens with zero attached hydrogens (tertiary/aromatic N) is 2. The van der Waals surface area contributed by atoms with Gasteiger partial charge >= 0.3 is 0 Å². The van der Waals surface area contributed by atoms with Crippen molar-refractivity contribution in [3.63, 3.8) is 0 Å². The van der Waals surface area contributed by atoms with Crippen LogP contribution in [0.3, 0.4) is 0 Å². The van der Waals surface area contributed by atoms with Gasteiger partial charge in [0.25, 0.3) is 0 Å². The highest BCUT2D eigenvalue weighted by molar-refractivity contribution is 5.88. The molecule has 0 N–H and O–H groups in total. The van der Waals surface area contributed by atoms with E-state index >= 15 is 0 Å². The summed E-state index contributed by atoms with van der Waals surface area (Å²) >= 11 is 0. The van der Waals surface area contributed by atoms with Gasteiger partial charge in [0.2, 0.25) is 0 Å². The van der Waals surface area contributed by atoms with E-state index in [1.807, 2.05) is 43.3 Å². The van der Waals surface area contributed by atoms with E-state index in [-0.39, 0.29) is 0 Å². The van der Waals surface area contributed by atoms with Crippen molar-refractivity contribution in [3.8, 4) is 78.8 Å². The van der Waals surface area contributed by atoms with Gasteiger partial charge in [0.15, 0.2) is 23.1 Å². The van der Waals surface area contributed by atoms with Crippen molar-refractivity contribution in [2.45, 2.75) is 6.92 Å². The second-order valence-corrected chi connectivity index (χ2v) is 11.9. The molecule has 1 aromatic heterocycles. The summed E-state index contributed by atoms with van der Waals surface area (Å²) in [4.78, 5) is 10.4. The molecule has 2 heterocycles. The molecule has 49 heavy (non-hydrogen) atoms. The average Bonchev–Trinajstić information content (AvgIpc) is 3.18. The molecule has 7 aromatic rings. The van der Waals surface area contributed by atoms with E-state index in [0.29, 0.717) is 28.8 Å². The van der Waals surface area contributed by atoms with Gasteiger partial charge in [0, 0.05) is 22.3 Å². The number of aromatic nitrogens is 2. The topological polar surface area (TPSA) is 44.2 Å². The number of benzene rings is 6. The molecule has 1 aliphatic rings. The minimum atomic E-state index is 0.610. The van der Waals surface area contributed by atoms with E-state index in [1.165, 1.54) is 0 Å². The fourth-order valence-electron chi connectivity index (χ4n) is 6.25. The Hall–Kier alpha value is -6.52. The van der Waals surface area contributed by atoms with E-state index in [4.69, 9.17) is 19.4 Å². The quantitative estimate of drug-likeness (QED) is 0.175. The molecule has 0 atom stereocenters. The van der Waals surface area contributed by atoms with Gasteiger partial charge in [-0.3, -0.25) is 0 Å². The summed E-state index contributed by atoms with van der Waals surface area (Å²) in [5, 5.41) is 0. The van der Waals surface area contributed by atoms with Crippen molar-refractivity contribution in [1.82, 2.24) is 9.97 Å². The van der Waals surface area contributed by atoms with Crippen LogP contribution in [0.4, 0.5) is 0 Å². The van der Waals surface area contributed by atoms with Gasteiger partial charge in [-0.1, -0.05) is 140 Å². The average molecular weight is 633 g/mol. The van der Waals surface area contributed by atoms with Crippen molar-refractivity contribution in [3.05, 3.63) is 182 Å². The number of ether oxygens (including phenoxy) is 2. The van der Waals surface area contributed by atoms with Crippen molar-refractivity contribution < 1.29 is 9.47 Å². The Morgan fingerprint density at radius 2 is 1.00 bits per heavy atom. The third-order valence-electron chi connectivity index (χ3n) is 8.70. The summed E-state index contributed by atoms with van der Waals surface area (Å²) in [6.45, 7) is 5.76. The Kier molecular flexibility index (Phi) is 7.88. The van der Waals surface area contributed by atoms with Gasteiger partial charge < -0.3 is 9.47 Å². The fraction of sp³-hybridized carbons (Fsp3) is 0.0222. The van der Waals surface area contributed by atoms with Gasteiger partial charge in [-0.15, -0.1) is 0 Å². The Balaban J connectivity index is 1.31. The van der Waals surface area contributed by atoms with Crippen molar-refractivity contribution >= 4 is 0 Å². The third-order valence-corrected chi connectivity index (χ3v) is 8.70. The van der Waals surface area contributed by atoms with Crippen LogP contribution in [0.2, 0.25) is 0 Å². The van der Waals surface area contributed by atoms with Crippen LogP contribution in [-0.2, 0) is 0 Å². The van der Waals surface area contributed by atoms with Crippen LogP contribution in [0.1, 0.15) is 6.92 Å².